The van der Waals surface area contributed by atoms with Crippen molar-refractivity contribution in [1.82, 2.24) is 4.98 Å². The molecule has 0 aliphatic carbocycles. The highest BCUT2D eigenvalue weighted by molar-refractivity contribution is 7.12. The van der Waals surface area contributed by atoms with E-state index in [4.69, 9.17) is 0 Å². The van der Waals surface area contributed by atoms with Crippen molar-refractivity contribution in [2.45, 2.75) is 19.9 Å². The number of hydrogen-bond acceptors (Lipinski definition) is 5. The molecule has 19 heavy (non-hydrogen) atoms. The number of rotatable bonds is 5. The van der Waals surface area contributed by atoms with E-state index in [9.17, 15) is 4.79 Å². The second kappa shape index (κ2) is 6.33. The van der Waals surface area contributed by atoms with Crippen molar-refractivity contribution in [1.29, 1.82) is 0 Å². The Morgan fingerprint density at radius 3 is 2.79 bits per heavy atom. The Labute approximate surface area is 116 Å². The van der Waals surface area contributed by atoms with E-state index in [-0.39, 0.29) is 5.97 Å². The van der Waals surface area contributed by atoms with E-state index in [2.05, 4.69) is 15.0 Å². The van der Waals surface area contributed by atoms with E-state index in [0.717, 1.165) is 22.8 Å². The molecule has 0 unspecified atom stereocenters. The van der Waals surface area contributed by atoms with E-state index >= 15 is 0 Å². The van der Waals surface area contributed by atoms with Gasteiger partial charge < -0.3 is 10.1 Å². The molecule has 2 heterocycles. The fourth-order valence-electron chi connectivity index (χ4n) is 1.59. The number of pyridine rings is 1. The van der Waals surface area contributed by atoms with Crippen LogP contribution in [-0.4, -0.2) is 18.1 Å². The molecule has 0 aromatic carbocycles. The van der Waals surface area contributed by atoms with E-state index in [1.807, 2.05) is 37.4 Å². The molecule has 0 fully saturated rings. The highest BCUT2D eigenvalue weighted by Gasteiger charge is 2.06. The number of thiophene rings is 1. The molecule has 0 aliphatic heterocycles. The third-order valence-electron chi connectivity index (χ3n) is 2.64. The maximum atomic E-state index is 11.2. The van der Waals surface area contributed by atoms with Gasteiger partial charge in [-0.25, -0.2) is 0 Å². The predicted molar refractivity (Wildman–Crippen MR) is 76.3 cm³/mol. The first-order valence-electron chi connectivity index (χ1n) is 5.98. The van der Waals surface area contributed by atoms with Gasteiger partial charge in [0.05, 0.1) is 25.4 Å². The summed E-state index contributed by atoms with van der Waals surface area (Å²) < 4.78 is 4.65. The van der Waals surface area contributed by atoms with Crippen LogP contribution < -0.4 is 5.32 Å². The summed E-state index contributed by atoms with van der Waals surface area (Å²) in [5.74, 6) is -0.205. The second-order valence-electron chi connectivity index (χ2n) is 4.16. The molecule has 0 radical (unpaired) electrons. The molecule has 0 saturated carbocycles. The molecule has 2 aromatic rings. The van der Waals surface area contributed by atoms with Gasteiger partial charge in [-0.3, -0.25) is 9.78 Å². The number of aryl methyl sites for hydroxylation is 1. The molecule has 0 aliphatic rings. The summed E-state index contributed by atoms with van der Waals surface area (Å²) in [6.45, 7) is 2.69. The average molecular weight is 276 g/mol. The van der Waals surface area contributed by atoms with Crippen molar-refractivity contribution in [3.63, 3.8) is 0 Å². The number of carbonyl (C=O) groups is 1. The van der Waals surface area contributed by atoms with Crippen molar-refractivity contribution >= 4 is 23.0 Å². The minimum absolute atomic E-state index is 0.205. The van der Waals surface area contributed by atoms with Crippen molar-refractivity contribution in [2.24, 2.45) is 0 Å². The number of ether oxygens (including phenoxy) is 1. The lowest BCUT2D eigenvalue weighted by atomic mass is 10.3. The predicted octanol–water partition coefficient (Wildman–Crippen LogP) is 2.78. The lowest BCUT2D eigenvalue weighted by molar-refractivity contribution is -0.139. The number of nitrogens with one attached hydrogen (secondary N) is 1. The van der Waals surface area contributed by atoms with Gasteiger partial charge >= 0.3 is 5.97 Å². The van der Waals surface area contributed by atoms with E-state index < -0.39 is 0 Å². The van der Waals surface area contributed by atoms with Crippen molar-refractivity contribution < 1.29 is 9.53 Å². The quantitative estimate of drug-likeness (QED) is 0.853. The largest absolute Gasteiger partial charge is 0.469 e. The Morgan fingerprint density at radius 1 is 1.32 bits per heavy atom. The van der Waals surface area contributed by atoms with Gasteiger partial charge in [0, 0.05) is 22.0 Å². The zero-order valence-electron chi connectivity index (χ0n) is 11.0. The third kappa shape index (κ3) is 4.06. The Kier molecular flexibility index (Phi) is 4.52. The van der Waals surface area contributed by atoms with Crippen molar-refractivity contribution in [3.05, 3.63) is 45.9 Å². The van der Waals surface area contributed by atoms with Crippen molar-refractivity contribution in [2.75, 3.05) is 12.4 Å². The summed E-state index contributed by atoms with van der Waals surface area (Å²) in [5, 5.41) is 3.30. The molecule has 1 N–H and O–H groups in total. The first kappa shape index (κ1) is 13.5. The van der Waals surface area contributed by atoms with Crippen LogP contribution in [0.2, 0.25) is 0 Å². The Hall–Kier alpha value is -1.88. The molecule has 100 valence electrons. The molecule has 0 bridgehead atoms. The van der Waals surface area contributed by atoms with Crippen LogP contribution in [0.5, 0.6) is 0 Å². The molecular weight excluding hydrogens is 260 g/mol. The summed E-state index contributed by atoms with van der Waals surface area (Å²) >= 11 is 1.62. The summed E-state index contributed by atoms with van der Waals surface area (Å²) in [6.07, 6.45) is 2.16. The fraction of sp³-hybridized carbons (Fsp3) is 0.286. The molecule has 2 aromatic heterocycles. The molecule has 4 nitrogen and oxygen atoms in total. The SMILES string of the molecule is COC(=O)Cc1ccc(CNc2ccc(C)nc2)s1. The van der Waals surface area contributed by atoms with Crippen LogP contribution in [0, 0.1) is 6.92 Å². The number of carbonyl (C=O) groups excluding carboxylic acids is 1. The summed E-state index contributed by atoms with van der Waals surface area (Å²) in [6, 6.07) is 7.97. The van der Waals surface area contributed by atoms with Gasteiger partial charge in [-0.1, -0.05) is 0 Å². The Bertz CT molecular complexity index is 549. The topological polar surface area (TPSA) is 51.2 Å². The first-order valence-corrected chi connectivity index (χ1v) is 6.80. The van der Waals surface area contributed by atoms with Gasteiger partial charge in [0.1, 0.15) is 0 Å². The molecule has 2 rings (SSSR count). The maximum absolute atomic E-state index is 11.2. The van der Waals surface area contributed by atoms with Crippen LogP contribution in [-0.2, 0) is 22.5 Å². The smallest absolute Gasteiger partial charge is 0.310 e. The van der Waals surface area contributed by atoms with Crippen molar-refractivity contribution in [3.8, 4) is 0 Å². The number of hydrogen-bond donors (Lipinski definition) is 1. The highest BCUT2D eigenvalue weighted by atomic mass is 32.1. The van der Waals surface area contributed by atoms with Crippen LogP contribution in [0.1, 0.15) is 15.4 Å². The van der Waals surface area contributed by atoms with E-state index in [1.165, 1.54) is 12.0 Å². The Balaban J connectivity index is 1.89. The maximum Gasteiger partial charge on any atom is 0.310 e. The number of aromatic nitrogens is 1. The number of esters is 1. The average Bonchev–Trinajstić information content (AvgIpc) is 2.85. The van der Waals surface area contributed by atoms with Crippen LogP contribution in [0.3, 0.4) is 0 Å². The second-order valence-corrected chi connectivity index (χ2v) is 5.42. The van der Waals surface area contributed by atoms with Gasteiger partial charge in [0.15, 0.2) is 0 Å². The van der Waals surface area contributed by atoms with Gasteiger partial charge in [-0.15, -0.1) is 11.3 Å². The van der Waals surface area contributed by atoms with Gasteiger partial charge in [-0.2, -0.15) is 0 Å². The first-order chi connectivity index (χ1) is 9.17. The molecule has 0 atom stereocenters. The molecule has 0 amide bonds. The fourth-order valence-corrected chi connectivity index (χ4v) is 2.53. The third-order valence-corrected chi connectivity index (χ3v) is 3.73. The van der Waals surface area contributed by atoms with E-state index in [1.54, 1.807) is 11.3 Å². The van der Waals surface area contributed by atoms with Crippen LogP contribution in [0.4, 0.5) is 5.69 Å². The number of anilines is 1. The van der Waals surface area contributed by atoms with Gasteiger partial charge in [-0.05, 0) is 31.2 Å². The van der Waals surface area contributed by atoms with E-state index in [0.29, 0.717) is 6.42 Å². The monoisotopic (exact) mass is 276 g/mol. The molecule has 5 heteroatoms. The normalized spacial score (nSPS) is 10.2. The summed E-state index contributed by atoms with van der Waals surface area (Å²) in [7, 11) is 1.41. The van der Waals surface area contributed by atoms with Crippen LogP contribution >= 0.6 is 11.3 Å². The minimum Gasteiger partial charge on any atom is -0.469 e. The zero-order valence-corrected chi connectivity index (χ0v) is 11.8. The minimum atomic E-state index is -0.205. The lowest BCUT2D eigenvalue weighted by Crippen LogP contribution is -2.02. The standard InChI is InChI=1S/C14H16N2O2S/c1-10-3-4-11(8-15-10)16-9-13-6-5-12(19-13)7-14(17)18-2/h3-6,8,16H,7,9H2,1-2H3. The number of nitrogens with zero attached hydrogens (tertiary/aromatic N) is 1. The van der Waals surface area contributed by atoms with Crippen LogP contribution in [0.15, 0.2) is 30.5 Å². The summed E-state index contributed by atoms with van der Waals surface area (Å²) in [4.78, 5) is 17.6. The molecular formula is C14H16N2O2S. The highest BCUT2D eigenvalue weighted by Crippen LogP contribution is 2.19. The van der Waals surface area contributed by atoms with Crippen LogP contribution in [0.25, 0.3) is 0 Å². The van der Waals surface area contributed by atoms with Gasteiger partial charge in [0.2, 0.25) is 0 Å². The molecule has 0 saturated heterocycles. The van der Waals surface area contributed by atoms with Gasteiger partial charge in [0.25, 0.3) is 0 Å². The Morgan fingerprint density at radius 2 is 2.11 bits per heavy atom. The lowest BCUT2D eigenvalue weighted by Gasteiger charge is -2.04. The zero-order chi connectivity index (χ0) is 13.7. The number of methoxy groups -OCH3 is 1. The summed E-state index contributed by atoms with van der Waals surface area (Å²) in [5.41, 5.74) is 2.00. The molecule has 0 spiro atoms.